The van der Waals surface area contributed by atoms with Gasteiger partial charge in [-0.3, -0.25) is 0 Å². The Kier molecular flexibility index (Phi) is 1.90. The number of rotatable bonds is 1. The molecule has 0 amide bonds. The van der Waals surface area contributed by atoms with Crippen LogP contribution in [-0.4, -0.2) is 25.3 Å². The highest BCUT2D eigenvalue weighted by Gasteiger charge is 2.14. The van der Waals surface area contributed by atoms with E-state index in [-0.39, 0.29) is 5.06 Å². The van der Waals surface area contributed by atoms with Gasteiger partial charge < -0.3 is 10.1 Å². The van der Waals surface area contributed by atoms with Gasteiger partial charge in [0.2, 0.25) is 0 Å². The number of aromatic nitrogens is 4. The fourth-order valence-electron chi connectivity index (χ4n) is 1.61. The number of H-pyrrole nitrogens is 1. The van der Waals surface area contributed by atoms with Crippen molar-refractivity contribution in [2.45, 2.75) is 6.92 Å². The molecule has 0 radical (unpaired) electrons. The lowest BCUT2D eigenvalue weighted by atomic mass is 10.2. The van der Waals surface area contributed by atoms with Crippen LogP contribution in [0.5, 0.6) is 5.06 Å². The fraction of sp³-hybridized carbons (Fsp3) is 0.100. The van der Waals surface area contributed by atoms with Gasteiger partial charge in [-0.1, -0.05) is 0 Å². The minimum atomic E-state index is 0.275. The Balaban J connectivity index is 2.27. The Labute approximate surface area is 94.8 Å². The minimum absolute atomic E-state index is 0.275. The van der Waals surface area contributed by atoms with Crippen molar-refractivity contribution in [1.82, 2.24) is 20.2 Å². The average Bonchev–Trinajstić information content (AvgIpc) is 2.82. The van der Waals surface area contributed by atoms with E-state index in [2.05, 4.69) is 20.2 Å². The quantitative estimate of drug-likeness (QED) is 0.673. The van der Waals surface area contributed by atoms with E-state index in [1.807, 2.05) is 12.3 Å². The van der Waals surface area contributed by atoms with Crippen LogP contribution >= 0.6 is 11.3 Å². The molecule has 6 heteroatoms. The molecule has 5 nitrogen and oxygen atoms in total. The van der Waals surface area contributed by atoms with Gasteiger partial charge in [-0.2, -0.15) is 10.2 Å². The minimum Gasteiger partial charge on any atom is -0.499 e. The normalized spacial score (nSPS) is 11.1. The molecule has 0 aliphatic carbocycles. The van der Waals surface area contributed by atoms with E-state index in [0.29, 0.717) is 5.82 Å². The third kappa shape index (κ3) is 1.27. The highest BCUT2D eigenvalue weighted by molar-refractivity contribution is 7.12. The molecule has 3 rings (SSSR count). The fourth-order valence-corrected chi connectivity index (χ4v) is 2.40. The molecule has 3 aromatic rings. The van der Waals surface area contributed by atoms with Gasteiger partial charge in [-0.15, -0.1) is 11.3 Å². The van der Waals surface area contributed by atoms with E-state index in [0.717, 1.165) is 22.2 Å². The third-order valence-electron chi connectivity index (χ3n) is 2.39. The van der Waals surface area contributed by atoms with Gasteiger partial charge in [0.15, 0.2) is 5.06 Å². The maximum atomic E-state index is 9.74. The molecule has 0 atom stereocenters. The summed E-state index contributed by atoms with van der Waals surface area (Å²) >= 11 is 1.30. The summed E-state index contributed by atoms with van der Waals surface area (Å²) in [7, 11) is 0. The van der Waals surface area contributed by atoms with E-state index in [4.69, 9.17) is 0 Å². The van der Waals surface area contributed by atoms with Gasteiger partial charge in [0.05, 0.1) is 23.5 Å². The molecule has 0 aromatic carbocycles. The number of aromatic amines is 1. The lowest BCUT2D eigenvalue weighted by molar-refractivity contribution is 0.492. The van der Waals surface area contributed by atoms with Crippen molar-refractivity contribution >= 4 is 22.4 Å². The SMILES string of the molecule is Cc1csc(O)c1-c1nc2cnncc2[nH]1. The van der Waals surface area contributed by atoms with E-state index in [1.165, 1.54) is 11.3 Å². The second-order valence-electron chi connectivity index (χ2n) is 3.47. The van der Waals surface area contributed by atoms with Crippen molar-refractivity contribution < 1.29 is 5.11 Å². The summed E-state index contributed by atoms with van der Waals surface area (Å²) in [6.07, 6.45) is 3.21. The first-order valence-corrected chi connectivity index (χ1v) is 5.57. The number of fused-ring (bicyclic) bond motifs is 1. The zero-order valence-electron chi connectivity index (χ0n) is 8.43. The second-order valence-corrected chi connectivity index (χ2v) is 4.33. The molecule has 80 valence electrons. The first-order chi connectivity index (χ1) is 7.75. The summed E-state index contributed by atoms with van der Waals surface area (Å²) in [5, 5.41) is 19.4. The summed E-state index contributed by atoms with van der Waals surface area (Å²) in [6, 6.07) is 0. The molecule has 0 saturated heterocycles. The van der Waals surface area contributed by atoms with Crippen molar-refractivity contribution in [3.8, 4) is 16.5 Å². The number of thiophene rings is 1. The molecule has 2 N–H and O–H groups in total. The van der Waals surface area contributed by atoms with Crippen molar-refractivity contribution in [3.05, 3.63) is 23.3 Å². The molecule has 0 unspecified atom stereocenters. The van der Waals surface area contributed by atoms with Gasteiger partial charge in [0.25, 0.3) is 0 Å². The Bertz CT molecular complexity index is 605. The number of aryl methyl sites for hydroxylation is 1. The number of nitrogens with one attached hydrogen (secondary N) is 1. The molecule has 0 aliphatic heterocycles. The standard InChI is InChI=1S/C10H8N4OS/c1-5-4-16-10(15)8(5)9-13-6-2-11-12-3-7(6)14-9/h2-4,15H,1H3,(H,13,14). The summed E-state index contributed by atoms with van der Waals surface area (Å²) in [4.78, 5) is 7.48. The van der Waals surface area contributed by atoms with Crippen LogP contribution in [0.25, 0.3) is 22.4 Å². The average molecular weight is 232 g/mol. The highest BCUT2D eigenvalue weighted by atomic mass is 32.1. The van der Waals surface area contributed by atoms with E-state index in [1.54, 1.807) is 12.4 Å². The van der Waals surface area contributed by atoms with Crippen LogP contribution in [0.4, 0.5) is 0 Å². The lowest BCUT2D eigenvalue weighted by Crippen LogP contribution is -1.80. The first-order valence-electron chi connectivity index (χ1n) is 4.69. The Morgan fingerprint density at radius 2 is 2.12 bits per heavy atom. The van der Waals surface area contributed by atoms with Crippen LogP contribution in [0.2, 0.25) is 0 Å². The number of aromatic hydroxyl groups is 1. The van der Waals surface area contributed by atoms with Gasteiger partial charge in [-0.25, -0.2) is 4.98 Å². The van der Waals surface area contributed by atoms with Gasteiger partial charge >= 0.3 is 0 Å². The summed E-state index contributed by atoms with van der Waals surface area (Å²) in [5.41, 5.74) is 3.31. The number of hydrogen-bond acceptors (Lipinski definition) is 5. The molecule has 0 fully saturated rings. The second kappa shape index (κ2) is 3.28. The maximum absolute atomic E-state index is 9.74. The van der Waals surface area contributed by atoms with Crippen molar-refractivity contribution in [2.75, 3.05) is 0 Å². The lowest BCUT2D eigenvalue weighted by Gasteiger charge is -1.95. The molecule has 16 heavy (non-hydrogen) atoms. The van der Waals surface area contributed by atoms with Crippen LogP contribution < -0.4 is 0 Å². The van der Waals surface area contributed by atoms with E-state index < -0.39 is 0 Å². The summed E-state index contributed by atoms with van der Waals surface area (Å²) < 4.78 is 0. The topological polar surface area (TPSA) is 74.7 Å². The van der Waals surface area contributed by atoms with Crippen LogP contribution in [0.1, 0.15) is 5.56 Å². The van der Waals surface area contributed by atoms with Crippen molar-refractivity contribution in [1.29, 1.82) is 0 Å². The number of hydrogen-bond donors (Lipinski definition) is 2. The predicted molar refractivity (Wildman–Crippen MR) is 61.4 cm³/mol. The largest absolute Gasteiger partial charge is 0.499 e. The molecular weight excluding hydrogens is 224 g/mol. The van der Waals surface area contributed by atoms with Gasteiger partial charge in [0, 0.05) is 0 Å². The maximum Gasteiger partial charge on any atom is 0.182 e. The van der Waals surface area contributed by atoms with Crippen LogP contribution in [-0.2, 0) is 0 Å². The molecular formula is C10H8N4OS. The molecule has 3 aromatic heterocycles. The number of imidazole rings is 1. The summed E-state index contributed by atoms with van der Waals surface area (Å²) in [6.45, 7) is 1.94. The first kappa shape index (κ1) is 9.29. The van der Waals surface area contributed by atoms with Crippen LogP contribution in [0, 0.1) is 6.92 Å². The Morgan fingerprint density at radius 3 is 2.81 bits per heavy atom. The zero-order chi connectivity index (χ0) is 11.1. The smallest absolute Gasteiger partial charge is 0.182 e. The van der Waals surface area contributed by atoms with Crippen LogP contribution in [0.3, 0.4) is 0 Å². The Morgan fingerprint density at radius 1 is 1.31 bits per heavy atom. The highest BCUT2D eigenvalue weighted by Crippen LogP contribution is 2.36. The monoisotopic (exact) mass is 232 g/mol. The number of nitrogens with zero attached hydrogens (tertiary/aromatic N) is 3. The Hall–Kier alpha value is -1.95. The molecule has 0 saturated carbocycles. The third-order valence-corrected chi connectivity index (χ3v) is 3.29. The zero-order valence-corrected chi connectivity index (χ0v) is 9.25. The van der Waals surface area contributed by atoms with Gasteiger partial charge in [-0.05, 0) is 17.9 Å². The predicted octanol–water partition coefficient (Wildman–Crippen LogP) is 2.10. The molecule has 0 spiro atoms. The van der Waals surface area contributed by atoms with Crippen molar-refractivity contribution in [3.63, 3.8) is 0 Å². The van der Waals surface area contributed by atoms with E-state index in [9.17, 15) is 5.11 Å². The van der Waals surface area contributed by atoms with Gasteiger partial charge in [0.1, 0.15) is 11.3 Å². The summed E-state index contributed by atoms with van der Waals surface area (Å²) in [5.74, 6) is 0.654. The van der Waals surface area contributed by atoms with Crippen LogP contribution in [0.15, 0.2) is 17.8 Å². The van der Waals surface area contributed by atoms with E-state index >= 15 is 0 Å². The molecule has 3 heterocycles. The molecule has 0 aliphatic rings. The van der Waals surface area contributed by atoms with Crippen molar-refractivity contribution in [2.24, 2.45) is 0 Å². The molecule has 0 bridgehead atoms.